The molecule has 0 fully saturated rings. The van der Waals surface area contributed by atoms with Crippen molar-refractivity contribution in [3.8, 4) is 39.6 Å². The van der Waals surface area contributed by atoms with Gasteiger partial charge in [0.2, 0.25) is 0 Å². The molecule has 0 saturated carbocycles. The summed E-state index contributed by atoms with van der Waals surface area (Å²) in [6.45, 7) is 4.92. The molecular formula is C42H29N3SSi. The maximum Gasteiger partial charge on any atom is 0.160 e. The quantitative estimate of drug-likeness (QED) is 0.181. The lowest BCUT2D eigenvalue weighted by atomic mass is 10.0. The van der Waals surface area contributed by atoms with Crippen LogP contribution < -0.4 is 10.4 Å². The van der Waals surface area contributed by atoms with Gasteiger partial charge in [0.25, 0.3) is 0 Å². The van der Waals surface area contributed by atoms with Gasteiger partial charge in [0, 0.05) is 47.8 Å². The topological polar surface area (TPSA) is 30.7 Å². The van der Waals surface area contributed by atoms with Gasteiger partial charge in [-0.1, -0.05) is 110 Å². The highest BCUT2D eigenvalue weighted by atomic mass is 32.1. The molecule has 3 nitrogen and oxygen atoms in total. The SMILES string of the molecule is C[Si]1(C)c2ccccc2-c2nc(-c3ccc4c(c3)c3ccccc3n4-c3ccccc3)nc(-c3cccc4c3sc3ccccc34)c21. The summed E-state index contributed by atoms with van der Waals surface area (Å²) in [5.41, 5.74) is 9.21. The van der Waals surface area contributed by atoms with Crippen molar-refractivity contribution in [1.82, 2.24) is 14.5 Å². The van der Waals surface area contributed by atoms with Gasteiger partial charge in [0.05, 0.1) is 22.4 Å². The molecule has 47 heavy (non-hydrogen) atoms. The summed E-state index contributed by atoms with van der Waals surface area (Å²) < 4.78 is 4.96. The summed E-state index contributed by atoms with van der Waals surface area (Å²) in [7, 11) is -2.10. The molecular weight excluding hydrogens is 607 g/mol. The zero-order valence-electron chi connectivity index (χ0n) is 26.0. The fourth-order valence-corrected chi connectivity index (χ4v) is 12.3. The van der Waals surface area contributed by atoms with Crippen LogP contribution in [0.15, 0.2) is 140 Å². The Labute approximate surface area is 277 Å². The van der Waals surface area contributed by atoms with E-state index in [9.17, 15) is 0 Å². The Kier molecular flexibility index (Phi) is 5.60. The zero-order valence-corrected chi connectivity index (χ0v) is 27.8. The number of nitrogens with zero attached hydrogens (tertiary/aromatic N) is 3. The van der Waals surface area contributed by atoms with E-state index in [-0.39, 0.29) is 0 Å². The molecule has 10 rings (SSSR count). The molecule has 9 aromatic rings. The molecule has 222 valence electrons. The van der Waals surface area contributed by atoms with Gasteiger partial charge in [0.1, 0.15) is 8.07 Å². The van der Waals surface area contributed by atoms with Gasteiger partial charge >= 0.3 is 0 Å². The lowest BCUT2D eigenvalue weighted by molar-refractivity contribution is 1.18. The number of fused-ring (bicyclic) bond motifs is 9. The molecule has 6 aromatic carbocycles. The van der Waals surface area contributed by atoms with Crippen molar-refractivity contribution >= 4 is 71.8 Å². The van der Waals surface area contributed by atoms with Crippen molar-refractivity contribution in [3.63, 3.8) is 0 Å². The third-order valence-corrected chi connectivity index (χ3v) is 14.7. The molecule has 1 aliphatic rings. The number of hydrogen-bond donors (Lipinski definition) is 0. The number of aromatic nitrogens is 3. The first-order chi connectivity index (χ1) is 23.1. The van der Waals surface area contributed by atoms with Crippen LogP contribution in [0.2, 0.25) is 13.1 Å². The third-order valence-electron chi connectivity index (χ3n) is 9.99. The fourth-order valence-electron chi connectivity index (χ4n) is 7.84. The summed E-state index contributed by atoms with van der Waals surface area (Å²) in [6, 6.07) is 50.4. The van der Waals surface area contributed by atoms with Crippen LogP contribution in [0.5, 0.6) is 0 Å². The highest BCUT2D eigenvalue weighted by Gasteiger charge is 2.42. The van der Waals surface area contributed by atoms with Gasteiger partial charge in [0.15, 0.2) is 5.82 Å². The predicted octanol–water partition coefficient (Wildman–Crippen LogP) is 10.1. The van der Waals surface area contributed by atoms with Gasteiger partial charge in [-0.05, 0) is 58.4 Å². The molecule has 4 heterocycles. The number of thiophene rings is 1. The molecule has 0 N–H and O–H groups in total. The highest BCUT2D eigenvalue weighted by molar-refractivity contribution is 7.26. The van der Waals surface area contributed by atoms with Crippen LogP contribution in [-0.4, -0.2) is 22.6 Å². The van der Waals surface area contributed by atoms with E-state index in [2.05, 4.69) is 157 Å². The molecule has 0 bridgehead atoms. The maximum atomic E-state index is 5.56. The van der Waals surface area contributed by atoms with Crippen LogP contribution in [0, 0.1) is 0 Å². The van der Waals surface area contributed by atoms with Crippen LogP contribution in [0.3, 0.4) is 0 Å². The van der Waals surface area contributed by atoms with Gasteiger partial charge in [-0.3, -0.25) is 0 Å². The molecule has 0 aliphatic carbocycles. The Hall–Kier alpha value is -5.36. The molecule has 0 radical (unpaired) electrons. The maximum absolute atomic E-state index is 5.56. The lowest BCUT2D eigenvalue weighted by Crippen LogP contribution is -2.50. The summed E-state index contributed by atoms with van der Waals surface area (Å²) in [5, 5.41) is 7.81. The summed E-state index contributed by atoms with van der Waals surface area (Å²) in [4.78, 5) is 11.0. The Morgan fingerprint density at radius 2 is 1.21 bits per heavy atom. The van der Waals surface area contributed by atoms with E-state index in [1.807, 2.05) is 11.3 Å². The Bertz CT molecular complexity index is 2720. The number of benzene rings is 6. The second-order valence-corrected chi connectivity index (χ2v) is 18.3. The fraction of sp³-hybridized carbons (Fsp3) is 0.0476. The first-order valence-electron chi connectivity index (χ1n) is 16.1. The number of rotatable bonds is 3. The van der Waals surface area contributed by atoms with Crippen molar-refractivity contribution in [2.45, 2.75) is 13.1 Å². The lowest BCUT2D eigenvalue weighted by Gasteiger charge is -2.22. The molecule has 5 heteroatoms. The van der Waals surface area contributed by atoms with Crippen LogP contribution in [0.4, 0.5) is 0 Å². The highest BCUT2D eigenvalue weighted by Crippen LogP contribution is 2.42. The normalized spacial score (nSPS) is 13.5. The predicted molar refractivity (Wildman–Crippen MR) is 202 cm³/mol. The largest absolute Gasteiger partial charge is 0.309 e. The van der Waals surface area contributed by atoms with Crippen molar-refractivity contribution in [2.75, 3.05) is 0 Å². The van der Waals surface area contributed by atoms with E-state index in [0.29, 0.717) is 0 Å². The zero-order chi connectivity index (χ0) is 31.3. The molecule has 0 saturated heterocycles. The molecule has 1 aliphatic heterocycles. The van der Waals surface area contributed by atoms with E-state index in [4.69, 9.17) is 9.97 Å². The first kappa shape index (κ1) is 26.8. The van der Waals surface area contributed by atoms with E-state index in [1.54, 1.807) is 0 Å². The average Bonchev–Trinajstić information content (AvgIpc) is 3.74. The monoisotopic (exact) mass is 635 g/mol. The van der Waals surface area contributed by atoms with Crippen molar-refractivity contribution in [2.24, 2.45) is 0 Å². The Morgan fingerprint density at radius 3 is 2.09 bits per heavy atom. The van der Waals surface area contributed by atoms with Crippen LogP contribution in [0.1, 0.15) is 0 Å². The minimum Gasteiger partial charge on any atom is -0.309 e. The molecule has 0 atom stereocenters. The molecule has 0 amide bonds. The minimum absolute atomic E-state index is 0.775. The van der Waals surface area contributed by atoms with Crippen LogP contribution in [0.25, 0.3) is 81.6 Å². The second kappa shape index (κ2) is 9.82. The Morgan fingerprint density at radius 1 is 0.553 bits per heavy atom. The van der Waals surface area contributed by atoms with Gasteiger partial charge in [-0.15, -0.1) is 11.3 Å². The standard InChI is InChI=1S/C42H29N3SSi/c1-47(2)37-22-11-8-17-31(37)38-41(47)39(32-19-12-18-30-29-16-7-10-21-36(29)46-40(30)32)44-42(43-38)26-23-24-35-33(25-26)28-15-6-9-20-34(28)45(35)27-13-4-3-5-14-27/h3-25H,1-2H3. The molecule has 0 unspecified atom stereocenters. The summed E-state index contributed by atoms with van der Waals surface area (Å²) >= 11 is 1.87. The Balaban J connectivity index is 1.27. The number of para-hydroxylation sites is 2. The van der Waals surface area contributed by atoms with E-state index < -0.39 is 8.07 Å². The van der Waals surface area contributed by atoms with Crippen molar-refractivity contribution in [3.05, 3.63) is 140 Å². The van der Waals surface area contributed by atoms with Crippen molar-refractivity contribution in [1.29, 1.82) is 0 Å². The first-order valence-corrected chi connectivity index (χ1v) is 19.9. The third kappa shape index (κ3) is 3.78. The summed E-state index contributed by atoms with van der Waals surface area (Å²) in [5.74, 6) is 0.775. The molecule has 0 spiro atoms. The van der Waals surface area contributed by atoms with Gasteiger partial charge in [-0.2, -0.15) is 0 Å². The molecule has 3 aromatic heterocycles. The van der Waals surface area contributed by atoms with Crippen LogP contribution in [-0.2, 0) is 0 Å². The van der Waals surface area contributed by atoms with Crippen molar-refractivity contribution < 1.29 is 0 Å². The van der Waals surface area contributed by atoms with Gasteiger partial charge < -0.3 is 4.57 Å². The summed E-state index contributed by atoms with van der Waals surface area (Å²) in [6.07, 6.45) is 0. The average molecular weight is 636 g/mol. The van der Waals surface area contributed by atoms with E-state index >= 15 is 0 Å². The minimum atomic E-state index is -2.10. The van der Waals surface area contributed by atoms with Gasteiger partial charge in [-0.25, -0.2) is 9.97 Å². The number of hydrogen-bond acceptors (Lipinski definition) is 3. The van der Waals surface area contributed by atoms with E-state index in [1.165, 1.54) is 63.5 Å². The van der Waals surface area contributed by atoms with E-state index in [0.717, 1.165) is 28.5 Å². The second-order valence-electron chi connectivity index (χ2n) is 13.0. The smallest absolute Gasteiger partial charge is 0.160 e. The van der Waals surface area contributed by atoms with Crippen LogP contribution >= 0.6 is 11.3 Å².